The van der Waals surface area contributed by atoms with Crippen molar-refractivity contribution in [3.05, 3.63) is 24.3 Å². The van der Waals surface area contributed by atoms with Gasteiger partial charge in [0.25, 0.3) is 0 Å². The molecule has 0 amide bonds. The third kappa shape index (κ3) is 1.22. The van der Waals surface area contributed by atoms with Gasteiger partial charge in [-0.15, -0.1) is 12.4 Å². The Balaban J connectivity index is 0.000000963. The Bertz CT molecular complexity index is 336. The Morgan fingerprint density at radius 1 is 1.19 bits per heavy atom. The zero-order chi connectivity index (χ0) is 10.5. The minimum atomic E-state index is 0. The van der Waals surface area contributed by atoms with E-state index in [0.29, 0.717) is 5.41 Å². The summed E-state index contributed by atoms with van der Waals surface area (Å²) < 4.78 is 0. The lowest BCUT2D eigenvalue weighted by Gasteiger charge is -2.59. The van der Waals surface area contributed by atoms with Crippen molar-refractivity contribution in [2.45, 2.75) is 38.1 Å². The smallest absolute Gasteiger partial charge is 0.0309 e. The van der Waals surface area contributed by atoms with Crippen molar-refractivity contribution < 1.29 is 0 Å². The number of fused-ring (bicyclic) bond motifs is 1. The fourth-order valence-corrected chi connectivity index (χ4v) is 4.32. The molecule has 0 heterocycles. The maximum absolute atomic E-state index is 3.64. The Hall–Kier alpha value is -0.270. The molecule has 90 valence electrons. The van der Waals surface area contributed by atoms with Crippen molar-refractivity contribution in [1.29, 1.82) is 0 Å². The molecule has 16 heavy (non-hydrogen) atoms. The van der Waals surface area contributed by atoms with Crippen LogP contribution in [0.15, 0.2) is 24.3 Å². The molecule has 0 aliphatic heterocycles. The lowest BCUT2D eigenvalue weighted by Crippen LogP contribution is -2.64. The molecule has 1 spiro atoms. The van der Waals surface area contributed by atoms with Gasteiger partial charge in [0, 0.05) is 11.0 Å². The number of rotatable bonds is 1. The van der Waals surface area contributed by atoms with Crippen LogP contribution in [0.4, 0.5) is 0 Å². The normalized spacial score (nSPS) is 48.6. The van der Waals surface area contributed by atoms with Gasteiger partial charge >= 0.3 is 0 Å². The summed E-state index contributed by atoms with van der Waals surface area (Å²) in [4.78, 5) is 0. The predicted octanol–water partition coefficient (Wildman–Crippen LogP) is 3.32. The molecule has 0 aromatic carbocycles. The molecule has 2 bridgehead atoms. The highest BCUT2D eigenvalue weighted by molar-refractivity contribution is 5.85. The molecule has 4 aliphatic rings. The van der Waals surface area contributed by atoms with Gasteiger partial charge in [0.2, 0.25) is 0 Å². The molecule has 1 nitrogen and oxygen atoms in total. The molecular weight excluding hydrogens is 218 g/mol. The summed E-state index contributed by atoms with van der Waals surface area (Å²) in [6.07, 6.45) is 15.2. The van der Waals surface area contributed by atoms with E-state index in [0.717, 1.165) is 11.8 Å². The van der Waals surface area contributed by atoms with E-state index in [1.54, 1.807) is 0 Å². The summed E-state index contributed by atoms with van der Waals surface area (Å²) in [6.45, 7) is 2.43. The fourth-order valence-electron chi connectivity index (χ4n) is 4.32. The summed E-state index contributed by atoms with van der Waals surface area (Å²) >= 11 is 0. The highest BCUT2D eigenvalue weighted by atomic mass is 35.5. The monoisotopic (exact) mass is 239 g/mol. The van der Waals surface area contributed by atoms with E-state index in [-0.39, 0.29) is 17.9 Å². The summed E-state index contributed by atoms with van der Waals surface area (Å²) in [5.41, 5.74) is 0.705. The first-order chi connectivity index (χ1) is 7.23. The highest BCUT2D eigenvalue weighted by Crippen LogP contribution is 2.59. The van der Waals surface area contributed by atoms with Gasteiger partial charge in [-0.05, 0) is 51.5 Å². The van der Waals surface area contributed by atoms with Crippen molar-refractivity contribution in [2.75, 3.05) is 7.05 Å². The van der Waals surface area contributed by atoms with Crippen LogP contribution in [0.25, 0.3) is 0 Å². The zero-order valence-corrected chi connectivity index (χ0v) is 11.0. The van der Waals surface area contributed by atoms with Crippen molar-refractivity contribution >= 4 is 12.4 Å². The molecule has 0 aromatic rings. The van der Waals surface area contributed by atoms with Crippen LogP contribution in [-0.2, 0) is 0 Å². The second kappa shape index (κ2) is 3.89. The third-order valence-electron chi connectivity index (χ3n) is 5.39. The minimum Gasteiger partial charge on any atom is -0.313 e. The average Bonchev–Trinajstić information content (AvgIpc) is 2.77. The van der Waals surface area contributed by atoms with Gasteiger partial charge in [-0.3, -0.25) is 0 Å². The maximum Gasteiger partial charge on any atom is 0.0309 e. The standard InChI is InChI=1S/C14H21N.ClH/c1-13(15-2)11-5-7-12(8-6-11)14(13)9-3-4-10-14;/h3,5,7,9,11-12,15H,4,6,8,10H2,1-2H3;1H. The Morgan fingerprint density at radius 3 is 2.38 bits per heavy atom. The van der Waals surface area contributed by atoms with Crippen molar-refractivity contribution in [1.82, 2.24) is 5.32 Å². The van der Waals surface area contributed by atoms with Crippen molar-refractivity contribution in [3.8, 4) is 0 Å². The second-order valence-electron chi connectivity index (χ2n) is 5.61. The average molecular weight is 240 g/mol. The molecule has 4 atom stereocenters. The van der Waals surface area contributed by atoms with Gasteiger partial charge in [-0.2, -0.15) is 0 Å². The molecular formula is C14H22ClN. The predicted molar refractivity (Wildman–Crippen MR) is 70.9 cm³/mol. The van der Waals surface area contributed by atoms with Gasteiger partial charge < -0.3 is 5.32 Å². The molecule has 1 fully saturated rings. The lowest BCUT2D eigenvalue weighted by molar-refractivity contribution is 0.00879. The van der Waals surface area contributed by atoms with E-state index in [4.69, 9.17) is 0 Å². The SMILES string of the molecule is CNC1(C)C2C=CC(CC2)C12C=CCC2.Cl. The molecule has 0 aromatic heterocycles. The van der Waals surface area contributed by atoms with E-state index in [2.05, 4.69) is 43.6 Å². The van der Waals surface area contributed by atoms with E-state index < -0.39 is 0 Å². The molecule has 0 radical (unpaired) electrons. The van der Waals surface area contributed by atoms with Crippen LogP contribution in [0.3, 0.4) is 0 Å². The molecule has 4 unspecified atom stereocenters. The summed E-state index contributed by atoms with van der Waals surface area (Å²) in [5, 5.41) is 3.64. The molecule has 4 rings (SSSR count). The number of hydrogen-bond acceptors (Lipinski definition) is 1. The van der Waals surface area contributed by atoms with Crippen LogP contribution in [0.1, 0.15) is 32.6 Å². The van der Waals surface area contributed by atoms with E-state index in [9.17, 15) is 0 Å². The third-order valence-corrected chi connectivity index (χ3v) is 5.39. The van der Waals surface area contributed by atoms with E-state index in [1.165, 1.54) is 25.7 Å². The lowest BCUT2D eigenvalue weighted by atomic mass is 9.49. The van der Waals surface area contributed by atoms with Gasteiger partial charge in [-0.1, -0.05) is 24.3 Å². The second-order valence-corrected chi connectivity index (χ2v) is 5.61. The first-order valence-electron chi connectivity index (χ1n) is 6.28. The van der Waals surface area contributed by atoms with Crippen LogP contribution in [0.5, 0.6) is 0 Å². The number of hydrogen-bond donors (Lipinski definition) is 1. The molecule has 1 saturated carbocycles. The van der Waals surface area contributed by atoms with Crippen LogP contribution in [0, 0.1) is 17.3 Å². The first-order valence-corrected chi connectivity index (χ1v) is 6.28. The van der Waals surface area contributed by atoms with Crippen molar-refractivity contribution in [3.63, 3.8) is 0 Å². The van der Waals surface area contributed by atoms with Crippen LogP contribution in [-0.4, -0.2) is 12.6 Å². The highest BCUT2D eigenvalue weighted by Gasteiger charge is 2.58. The summed E-state index contributed by atoms with van der Waals surface area (Å²) in [7, 11) is 2.14. The maximum atomic E-state index is 3.64. The van der Waals surface area contributed by atoms with E-state index in [1.807, 2.05) is 0 Å². The molecule has 0 saturated heterocycles. The first kappa shape index (κ1) is 12.2. The largest absolute Gasteiger partial charge is 0.313 e. The molecule has 1 N–H and O–H groups in total. The minimum absolute atomic E-state index is 0. The van der Waals surface area contributed by atoms with E-state index >= 15 is 0 Å². The number of nitrogens with one attached hydrogen (secondary N) is 1. The number of halogens is 1. The van der Waals surface area contributed by atoms with Crippen LogP contribution in [0.2, 0.25) is 0 Å². The van der Waals surface area contributed by atoms with Crippen molar-refractivity contribution in [2.24, 2.45) is 17.3 Å². The Kier molecular flexibility index (Phi) is 2.96. The van der Waals surface area contributed by atoms with Gasteiger partial charge in [0.1, 0.15) is 0 Å². The quantitative estimate of drug-likeness (QED) is 0.693. The zero-order valence-electron chi connectivity index (χ0n) is 10.2. The summed E-state index contributed by atoms with van der Waals surface area (Å²) in [6, 6.07) is 0. The molecule has 4 aliphatic carbocycles. The Morgan fingerprint density at radius 2 is 1.88 bits per heavy atom. The van der Waals surface area contributed by atoms with Crippen LogP contribution < -0.4 is 5.32 Å². The van der Waals surface area contributed by atoms with Crippen LogP contribution >= 0.6 is 12.4 Å². The molecule has 2 heteroatoms. The fraction of sp³-hybridized carbons (Fsp3) is 0.714. The number of allylic oxidation sites excluding steroid dienone is 2. The topological polar surface area (TPSA) is 12.0 Å². The summed E-state index contributed by atoms with van der Waals surface area (Å²) in [5.74, 6) is 1.51. The van der Waals surface area contributed by atoms with Gasteiger partial charge in [0.15, 0.2) is 0 Å². The van der Waals surface area contributed by atoms with Gasteiger partial charge in [0.05, 0.1) is 0 Å². The Labute approximate surface area is 105 Å². The van der Waals surface area contributed by atoms with Gasteiger partial charge in [-0.25, -0.2) is 0 Å².